The molecule has 0 aromatic heterocycles. The summed E-state index contributed by atoms with van der Waals surface area (Å²) in [4.78, 5) is 30.1. The second kappa shape index (κ2) is 9.43. The van der Waals surface area contributed by atoms with Gasteiger partial charge in [0, 0.05) is 36.8 Å². The monoisotopic (exact) mass is 406 g/mol. The Bertz CT molecular complexity index is 860. The maximum atomic E-state index is 13.3. The highest BCUT2D eigenvalue weighted by atomic mass is 16.5. The highest BCUT2D eigenvalue weighted by molar-refractivity contribution is 5.95. The number of carbonyl (C=O) groups excluding carboxylic acids is 2. The van der Waals surface area contributed by atoms with Gasteiger partial charge in [0.25, 0.3) is 11.8 Å². The normalized spacial score (nSPS) is 19.6. The molecule has 2 amide bonds. The summed E-state index contributed by atoms with van der Waals surface area (Å²) in [7, 11) is 0. The summed E-state index contributed by atoms with van der Waals surface area (Å²) >= 11 is 0. The van der Waals surface area contributed by atoms with Crippen LogP contribution in [0.5, 0.6) is 0 Å². The number of aryl methyl sites for hydroxylation is 1. The Morgan fingerprint density at radius 1 is 1.00 bits per heavy atom. The molecule has 5 nitrogen and oxygen atoms in total. The molecule has 2 aromatic rings. The molecule has 1 aliphatic heterocycles. The lowest BCUT2D eigenvalue weighted by atomic mass is 10.1. The topological polar surface area (TPSA) is 49.9 Å². The second-order valence-electron chi connectivity index (χ2n) is 8.37. The lowest BCUT2D eigenvalue weighted by Crippen LogP contribution is -2.52. The maximum absolute atomic E-state index is 13.3. The molecule has 2 fully saturated rings. The van der Waals surface area contributed by atoms with Crippen molar-refractivity contribution < 1.29 is 14.3 Å². The number of nitrogens with zero attached hydrogens (tertiary/aromatic N) is 2. The molecule has 5 heteroatoms. The zero-order chi connectivity index (χ0) is 20.9. The molecule has 158 valence electrons. The second-order valence-corrected chi connectivity index (χ2v) is 8.37. The highest BCUT2D eigenvalue weighted by Crippen LogP contribution is 2.26. The van der Waals surface area contributed by atoms with Crippen molar-refractivity contribution in [1.82, 2.24) is 9.80 Å². The minimum Gasteiger partial charge on any atom is -0.373 e. The standard InChI is InChI=1S/C25H30N2O3/c1-19-11-13-21(14-12-19)25(29)27(22-9-5-6-10-22)18-23-17-26(15-16-30-23)24(28)20-7-3-2-4-8-20/h2-4,7-8,11-14,22-23H,5-6,9-10,15-18H2,1H3/t23-/m1/s1. The van der Waals surface area contributed by atoms with E-state index in [9.17, 15) is 9.59 Å². The van der Waals surface area contributed by atoms with Crippen LogP contribution in [0.4, 0.5) is 0 Å². The molecule has 1 saturated heterocycles. The fourth-order valence-corrected chi connectivity index (χ4v) is 4.47. The van der Waals surface area contributed by atoms with Crippen molar-refractivity contribution >= 4 is 11.8 Å². The van der Waals surface area contributed by atoms with Crippen LogP contribution < -0.4 is 0 Å². The average molecular weight is 407 g/mol. The predicted octanol–water partition coefficient (Wildman–Crippen LogP) is 3.92. The first-order chi connectivity index (χ1) is 14.6. The molecule has 2 aliphatic rings. The molecule has 1 heterocycles. The van der Waals surface area contributed by atoms with Gasteiger partial charge < -0.3 is 14.5 Å². The first-order valence-electron chi connectivity index (χ1n) is 11.0. The molecule has 0 radical (unpaired) electrons. The van der Waals surface area contributed by atoms with Crippen LogP contribution in [-0.2, 0) is 4.74 Å². The Kier molecular flexibility index (Phi) is 6.48. The van der Waals surface area contributed by atoms with E-state index in [1.54, 1.807) is 0 Å². The largest absolute Gasteiger partial charge is 0.373 e. The quantitative estimate of drug-likeness (QED) is 0.756. The number of carbonyl (C=O) groups is 2. The molecule has 4 rings (SSSR count). The summed E-state index contributed by atoms with van der Waals surface area (Å²) < 4.78 is 6.00. The van der Waals surface area contributed by atoms with Crippen molar-refractivity contribution in [3.8, 4) is 0 Å². The first kappa shape index (κ1) is 20.6. The van der Waals surface area contributed by atoms with Crippen molar-refractivity contribution in [2.45, 2.75) is 44.8 Å². The van der Waals surface area contributed by atoms with Gasteiger partial charge in [-0.2, -0.15) is 0 Å². The molecule has 2 aromatic carbocycles. The number of rotatable bonds is 5. The Labute approximate surface area is 178 Å². The third kappa shape index (κ3) is 4.73. The molecule has 1 saturated carbocycles. The highest BCUT2D eigenvalue weighted by Gasteiger charge is 2.32. The number of hydrogen-bond donors (Lipinski definition) is 0. The molecular formula is C25H30N2O3. The van der Waals surface area contributed by atoms with E-state index in [0.717, 1.165) is 36.8 Å². The van der Waals surface area contributed by atoms with Crippen LogP contribution in [0.2, 0.25) is 0 Å². The van der Waals surface area contributed by atoms with Gasteiger partial charge in [0.15, 0.2) is 0 Å². The fourth-order valence-electron chi connectivity index (χ4n) is 4.47. The molecule has 30 heavy (non-hydrogen) atoms. The van der Waals surface area contributed by atoms with E-state index in [0.29, 0.717) is 31.8 Å². The number of hydrogen-bond acceptors (Lipinski definition) is 3. The Morgan fingerprint density at radius 3 is 2.40 bits per heavy atom. The van der Waals surface area contributed by atoms with Crippen LogP contribution >= 0.6 is 0 Å². The Morgan fingerprint density at radius 2 is 1.70 bits per heavy atom. The number of ether oxygens (including phenoxy) is 1. The zero-order valence-corrected chi connectivity index (χ0v) is 17.6. The van der Waals surface area contributed by atoms with Gasteiger partial charge in [0.1, 0.15) is 0 Å². The summed E-state index contributed by atoms with van der Waals surface area (Å²) in [5, 5.41) is 0. The Hall–Kier alpha value is -2.66. The molecule has 0 spiro atoms. The van der Waals surface area contributed by atoms with E-state index in [4.69, 9.17) is 4.74 Å². The zero-order valence-electron chi connectivity index (χ0n) is 17.6. The van der Waals surface area contributed by atoms with Crippen LogP contribution in [0.25, 0.3) is 0 Å². The molecular weight excluding hydrogens is 376 g/mol. The van der Waals surface area contributed by atoms with Gasteiger partial charge in [-0.3, -0.25) is 9.59 Å². The van der Waals surface area contributed by atoms with Gasteiger partial charge in [-0.15, -0.1) is 0 Å². The van der Waals surface area contributed by atoms with Crippen LogP contribution in [0.1, 0.15) is 52.0 Å². The van der Waals surface area contributed by atoms with E-state index >= 15 is 0 Å². The van der Waals surface area contributed by atoms with Gasteiger partial charge >= 0.3 is 0 Å². The molecule has 1 aliphatic carbocycles. The van der Waals surface area contributed by atoms with Gasteiger partial charge in [-0.1, -0.05) is 48.7 Å². The van der Waals surface area contributed by atoms with E-state index < -0.39 is 0 Å². The number of benzene rings is 2. The van der Waals surface area contributed by atoms with E-state index in [1.807, 2.05) is 71.3 Å². The van der Waals surface area contributed by atoms with Crippen LogP contribution in [0.3, 0.4) is 0 Å². The van der Waals surface area contributed by atoms with E-state index in [2.05, 4.69) is 0 Å². The Balaban J connectivity index is 1.47. The van der Waals surface area contributed by atoms with Crippen LogP contribution in [-0.4, -0.2) is 60.0 Å². The van der Waals surface area contributed by atoms with Gasteiger partial charge in [-0.25, -0.2) is 0 Å². The third-order valence-corrected chi connectivity index (χ3v) is 6.17. The minimum absolute atomic E-state index is 0.0289. The van der Waals surface area contributed by atoms with Crippen molar-refractivity contribution in [2.75, 3.05) is 26.2 Å². The molecule has 1 atom stereocenters. The van der Waals surface area contributed by atoms with E-state index in [-0.39, 0.29) is 24.0 Å². The van der Waals surface area contributed by atoms with Crippen LogP contribution in [0.15, 0.2) is 54.6 Å². The van der Waals surface area contributed by atoms with Crippen LogP contribution in [0, 0.1) is 6.92 Å². The summed E-state index contributed by atoms with van der Waals surface area (Å²) in [5.74, 6) is 0.0955. The van der Waals surface area contributed by atoms with Gasteiger partial charge in [-0.05, 0) is 44.0 Å². The van der Waals surface area contributed by atoms with Crippen molar-refractivity contribution in [1.29, 1.82) is 0 Å². The van der Waals surface area contributed by atoms with Crippen molar-refractivity contribution in [2.24, 2.45) is 0 Å². The minimum atomic E-state index is -0.165. The average Bonchev–Trinajstić information content (AvgIpc) is 3.32. The van der Waals surface area contributed by atoms with Gasteiger partial charge in [0.05, 0.1) is 12.7 Å². The maximum Gasteiger partial charge on any atom is 0.254 e. The lowest BCUT2D eigenvalue weighted by molar-refractivity contribution is -0.0370. The molecule has 0 bridgehead atoms. The van der Waals surface area contributed by atoms with Crippen molar-refractivity contribution in [3.63, 3.8) is 0 Å². The first-order valence-corrected chi connectivity index (χ1v) is 11.0. The fraction of sp³-hybridized carbons (Fsp3) is 0.440. The number of morpholine rings is 1. The van der Waals surface area contributed by atoms with Gasteiger partial charge in [0.2, 0.25) is 0 Å². The smallest absolute Gasteiger partial charge is 0.254 e. The summed E-state index contributed by atoms with van der Waals surface area (Å²) in [6, 6.07) is 17.4. The number of amides is 2. The summed E-state index contributed by atoms with van der Waals surface area (Å²) in [6.45, 7) is 4.14. The summed E-state index contributed by atoms with van der Waals surface area (Å²) in [6.07, 6.45) is 4.23. The molecule has 0 N–H and O–H groups in total. The van der Waals surface area contributed by atoms with Crippen molar-refractivity contribution in [3.05, 3.63) is 71.3 Å². The SMILES string of the molecule is Cc1ccc(C(=O)N(C[C@H]2CN(C(=O)c3ccccc3)CCO2)C2CCCC2)cc1. The lowest BCUT2D eigenvalue weighted by Gasteiger charge is -2.38. The third-order valence-electron chi connectivity index (χ3n) is 6.17. The predicted molar refractivity (Wildman–Crippen MR) is 117 cm³/mol. The summed E-state index contributed by atoms with van der Waals surface area (Å²) in [5.41, 5.74) is 2.56. The molecule has 0 unspecified atom stereocenters. The van der Waals surface area contributed by atoms with E-state index in [1.165, 1.54) is 0 Å².